The van der Waals surface area contributed by atoms with Gasteiger partial charge in [0.2, 0.25) is 10.0 Å². The lowest BCUT2D eigenvalue weighted by molar-refractivity contribution is 0.484. The van der Waals surface area contributed by atoms with Gasteiger partial charge in [-0.3, -0.25) is 0 Å². The third-order valence-electron chi connectivity index (χ3n) is 2.56. The van der Waals surface area contributed by atoms with Crippen LogP contribution >= 0.6 is 15.9 Å². The molecule has 3 nitrogen and oxygen atoms in total. The highest BCUT2D eigenvalue weighted by Crippen LogP contribution is 2.13. The molecule has 0 fully saturated rings. The summed E-state index contributed by atoms with van der Waals surface area (Å²) >= 11 is 3.30. The second-order valence-corrected chi connectivity index (χ2v) is 6.36. The van der Waals surface area contributed by atoms with Gasteiger partial charge in [-0.15, -0.1) is 0 Å². The van der Waals surface area contributed by atoms with Gasteiger partial charge in [0, 0.05) is 11.4 Å². The maximum Gasteiger partial charge on any atom is 0.240 e. The molecule has 1 aromatic rings. The normalized spacial score (nSPS) is 15.5. The van der Waals surface area contributed by atoms with Crippen molar-refractivity contribution in [1.82, 2.24) is 4.72 Å². The predicted octanol–water partition coefficient (Wildman–Crippen LogP) is 2.52. The molecule has 0 saturated heterocycles. The number of benzene rings is 1. The monoisotopic (exact) mass is 323 g/mol. The Morgan fingerprint density at radius 2 is 1.82 bits per heavy atom. The SMILES string of the molecule is CC(CBr)C(C)NS(=O)(=O)c1ccc(F)cc1. The average molecular weight is 324 g/mol. The van der Waals surface area contributed by atoms with E-state index in [0.29, 0.717) is 5.33 Å². The van der Waals surface area contributed by atoms with Gasteiger partial charge >= 0.3 is 0 Å². The fourth-order valence-electron chi connectivity index (χ4n) is 1.18. The molecule has 2 unspecified atom stereocenters. The topological polar surface area (TPSA) is 46.2 Å². The van der Waals surface area contributed by atoms with E-state index in [4.69, 9.17) is 0 Å². The third-order valence-corrected chi connectivity index (χ3v) is 5.16. The summed E-state index contributed by atoms with van der Waals surface area (Å²) in [5, 5.41) is 0.708. The van der Waals surface area contributed by atoms with E-state index in [0.717, 1.165) is 12.1 Å². The zero-order valence-corrected chi connectivity index (χ0v) is 12.1. The maximum absolute atomic E-state index is 12.7. The molecule has 0 aliphatic carbocycles. The molecule has 1 rings (SSSR count). The Kier molecular flexibility index (Phi) is 5.09. The summed E-state index contributed by atoms with van der Waals surface area (Å²) in [5.74, 6) is -0.281. The molecule has 1 N–H and O–H groups in total. The second kappa shape index (κ2) is 5.93. The molecule has 0 aromatic heterocycles. The van der Waals surface area contributed by atoms with Crippen LogP contribution in [0.5, 0.6) is 0 Å². The number of rotatable bonds is 5. The lowest BCUT2D eigenvalue weighted by atomic mass is 10.1. The molecular formula is C11H15BrFNO2S. The van der Waals surface area contributed by atoms with Gasteiger partial charge < -0.3 is 0 Å². The zero-order valence-electron chi connectivity index (χ0n) is 9.65. The Morgan fingerprint density at radius 3 is 2.29 bits per heavy atom. The highest BCUT2D eigenvalue weighted by atomic mass is 79.9. The lowest BCUT2D eigenvalue weighted by Crippen LogP contribution is -2.37. The van der Waals surface area contributed by atoms with Crippen LogP contribution in [0, 0.1) is 11.7 Å². The first-order chi connectivity index (χ1) is 7.86. The minimum Gasteiger partial charge on any atom is -0.208 e. The molecule has 0 amide bonds. The van der Waals surface area contributed by atoms with Crippen LogP contribution in [-0.2, 0) is 10.0 Å². The Bertz CT molecular complexity index is 461. The number of alkyl halides is 1. The van der Waals surface area contributed by atoms with Gasteiger partial charge in [0.1, 0.15) is 5.82 Å². The highest BCUT2D eigenvalue weighted by Gasteiger charge is 2.20. The van der Waals surface area contributed by atoms with Crippen molar-refractivity contribution in [3.63, 3.8) is 0 Å². The van der Waals surface area contributed by atoms with E-state index in [9.17, 15) is 12.8 Å². The summed E-state index contributed by atoms with van der Waals surface area (Å²) in [5.41, 5.74) is 0. The number of nitrogens with one attached hydrogen (secondary N) is 1. The van der Waals surface area contributed by atoms with Crippen LogP contribution in [0.25, 0.3) is 0 Å². The van der Waals surface area contributed by atoms with Crippen LogP contribution in [0.15, 0.2) is 29.2 Å². The lowest BCUT2D eigenvalue weighted by Gasteiger charge is -2.19. The van der Waals surface area contributed by atoms with Gasteiger partial charge in [-0.1, -0.05) is 22.9 Å². The molecule has 0 radical (unpaired) electrons. The van der Waals surface area contributed by atoms with Crippen molar-refractivity contribution >= 4 is 26.0 Å². The van der Waals surface area contributed by atoms with Gasteiger partial charge in [0.05, 0.1) is 4.90 Å². The first kappa shape index (κ1) is 14.6. The van der Waals surface area contributed by atoms with Gasteiger partial charge in [-0.05, 0) is 37.1 Å². The van der Waals surface area contributed by atoms with E-state index in [-0.39, 0.29) is 16.9 Å². The van der Waals surface area contributed by atoms with E-state index in [1.807, 2.05) is 6.92 Å². The van der Waals surface area contributed by atoms with E-state index in [1.165, 1.54) is 12.1 Å². The molecule has 0 bridgehead atoms. The molecular weight excluding hydrogens is 309 g/mol. The predicted molar refractivity (Wildman–Crippen MR) is 69.1 cm³/mol. The van der Waals surface area contributed by atoms with Crippen LogP contribution in [0.2, 0.25) is 0 Å². The van der Waals surface area contributed by atoms with E-state index in [2.05, 4.69) is 20.7 Å². The summed E-state index contributed by atoms with van der Waals surface area (Å²) < 4.78 is 39.1. The van der Waals surface area contributed by atoms with Crippen molar-refractivity contribution in [2.45, 2.75) is 24.8 Å². The first-order valence-electron chi connectivity index (χ1n) is 5.20. The van der Waals surface area contributed by atoms with E-state index >= 15 is 0 Å². The summed E-state index contributed by atoms with van der Waals surface area (Å²) in [6.07, 6.45) is 0. The largest absolute Gasteiger partial charge is 0.240 e. The maximum atomic E-state index is 12.7. The Labute approximate surface area is 110 Å². The number of halogens is 2. The average Bonchev–Trinajstić information content (AvgIpc) is 2.27. The van der Waals surface area contributed by atoms with Crippen molar-refractivity contribution in [1.29, 1.82) is 0 Å². The summed E-state index contributed by atoms with van der Waals surface area (Å²) in [7, 11) is -3.57. The Morgan fingerprint density at radius 1 is 1.29 bits per heavy atom. The zero-order chi connectivity index (χ0) is 13.1. The van der Waals surface area contributed by atoms with Crippen molar-refractivity contribution in [3.05, 3.63) is 30.1 Å². The van der Waals surface area contributed by atoms with Crippen molar-refractivity contribution in [3.8, 4) is 0 Å². The number of sulfonamides is 1. The number of hydrogen-bond donors (Lipinski definition) is 1. The van der Waals surface area contributed by atoms with E-state index in [1.54, 1.807) is 6.92 Å². The van der Waals surface area contributed by atoms with Crippen LogP contribution in [-0.4, -0.2) is 19.8 Å². The van der Waals surface area contributed by atoms with Crippen molar-refractivity contribution in [2.75, 3.05) is 5.33 Å². The van der Waals surface area contributed by atoms with Gasteiger partial charge in [-0.25, -0.2) is 17.5 Å². The van der Waals surface area contributed by atoms with Crippen molar-refractivity contribution in [2.24, 2.45) is 5.92 Å². The molecule has 1 aromatic carbocycles. The molecule has 6 heteroatoms. The van der Waals surface area contributed by atoms with Crippen LogP contribution in [0.3, 0.4) is 0 Å². The molecule has 0 aliphatic heterocycles. The summed E-state index contributed by atoms with van der Waals surface area (Å²) in [4.78, 5) is 0.0764. The van der Waals surface area contributed by atoms with Crippen molar-refractivity contribution < 1.29 is 12.8 Å². The van der Waals surface area contributed by atoms with Crippen LogP contribution in [0.1, 0.15) is 13.8 Å². The first-order valence-corrected chi connectivity index (χ1v) is 7.81. The fraction of sp³-hybridized carbons (Fsp3) is 0.455. The second-order valence-electron chi connectivity index (χ2n) is 4.00. The third kappa shape index (κ3) is 4.04. The fourth-order valence-corrected chi connectivity index (χ4v) is 3.09. The molecule has 96 valence electrons. The number of hydrogen-bond acceptors (Lipinski definition) is 2. The Hall–Kier alpha value is -0.460. The van der Waals surface area contributed by atoms with Gasteiger partial charge in [-0.2, -0.15) is 0 Å². The minimum absolute atomic E-state index is 0.0764. The standard InChI is InChI=1S/C11H15BrFNO2S/c1-8(7-12)9(2)14-17(15,16)11-5-3-10(13)4-6-11/h3-6,8-9,14H,7H2,1-2H3. The molecule has 0 aliphatic rings. The molecule has 2 atom stereocenters. The van der Waals surface area contributed by atoms with Gasteiger partial charge in [0.25, 0.3) is 0 Å². The summed E-state index contributed by atoms with van der Waals surface area (Å²) in [6.45, 7) is 3.74. The highest BCUT2D eigenvalue weighted by molar-refractivity contribution is 9.09. The van der Waals surface area contributed by atoms with Crippen LogP contribution in [0.4, 0.5) is 4.39 Å². The van der Waals surface area contributed by atoms with Crippen LogP contribution < -0.4 is 4.72 Å². The molecule has 0 heterocycles. The van der Waals surface area contributed by atoms with E-state index < -0.39 is 15.8 Å². The smallest absolute Gasteiger partial charge is 0.208 e. The molecule has 0 spiro atoms. The quantitative estimate of drug-likeness (QED) is 0.846. The molecule has 17 heavy (non-hydrogen) atoms. The van der Waals surface area contributed by atoms with Gasteiger partial charge in [0.15, 0.2) is 0 Å². The Balaban J connectivity index is 2.85. The summed E-state index contributed by atoms with van der Waals surface area (Å²) in [6, 6.07) is 4.58. The minimum atomic E-state index is -3.57. The molecule has 0 saturated carbocycles.